The van der Waals surface area contributed by atoms with E-state index in [9.17, 15) is 4.79 Å². The molecule has 0 heterocycles. The molecule has 2 rings (SSSR count). The molecule has 1 N–H and O–H groups in total. The number of carbonyl (C=O) groups excluding carboxylic acids is 1. The number of amides is 1. The van der Waals surface area contributed by atoms with Gasteiger partial charge in [0, 0.05) is 18.7 Å². The fourth-order valence-electron chi connectivity index (χ4n) is 2.55. The molecule has 0 bridgehead atoms. The van der Waals surface area contributed by atoms with Gasteiger partial charge in [-0.1, -0.05) is 29.8 Å². The zero-order chi connectivity index (χ0) is 18.1. The molecule has 2 aromatic carbocycles. The molecule has 2 aromatic rings. The summed E-state index contributed by atoms with van der Waals surface area (Å²) in [4.78, 5) is 14.2. The Labute approximate surface area is 150 Å². The van der Waals surface area contributed by atoms with Crippen LogP contribution in [0.1, 0.15) is 24.0 Å². The number of rotatable bonds is 9. The van der Waals surface area contributed by atoms with E-state index in [2.05, 4.69) is 49.4 Å². The molecule has 1 amide bonds. The quantitative estimate of drug-likeness (QED) is 0.704. The van der Waals surface area contributed by atoms with Crippen LogP contribution in [0.2, 0.25) is 0 Å². The van der Waals surface area contributed by atoms with Crippen LogP contribution in [0.5, 0.6) is 5.75 Å². The van der Waals surface area contributed by atoms with Crippen molar-refractivity contribution < 1.29 is 9.53 Å². The van der Waals surface area contributed by atoms with E-state index in [4.69, 9.17) is 4.74 Å². The molecular formula is C21H28N2O2. The zero-order valence-electron chi connectivity index (χ0n) is 15.4. The van der Waals surface area contributed by atoms with Crippen LogP contribution in [-0.4, -0.2) is 38.1 Å². The topological polar surface area (TPSA) is 41.6 Å². The van der Waals surface area contributed by atoms with Crippen molar-refractivity contribution in [3.05, 3.63) is 59.7 Å². The highest BCUT2D eigenvalue weighted by atomic mass is 16.5. The van der Waals surface area contributed by atoms with Gasteiger partial charge in [0.15, 0.2) is 0 Å². The number of carbonyl (C=O) groups is 1. The van der Waals surface area contributed by atoms with E-state index in [-0.39, 0.29) is 5.91 Å². The summed E-state index contributed by atoms with van der Waals surface area (Å²) in [7, 11) is 4.10. The first-order chi connectivity index (χ1) is 12.0. The van der Waals surface area contributed by atoms with Gasteiger partial charge in [0.2, 0.25) is 5.91 Å². The standard InChI is InChI=1S/C21H28N2O2/c1-17-6-4-7-18(16-17)8-13-21(24)22-19-9-11-20(12-10-19)25-15-5-14-23(2)3/h4,6-7,9-12,16H,5,8,13-15H2,1-3H3,(H,22,24). The largest absolute Gasteiger partial charge is 0.494 e. The number of anilines is 1. The number of nitrogens with one attached hydrogen (secondary N) is 1. The first-order valence-corrected chi connectivity index (χ1v) is 8.76. The normalized spacial score (nSPS) is 10.7. The summed E-state index contributed by atoms with van der Waals surface area (Å²) in [5.74, 6) is 0.859. The predicted molar refractivity (Wildman–Crippen MR) is 103 cm³/mol. The summed E-state index contributed by atoms with van der Waals surface area (Å²) < 4.78 is 5.69. The van der Waals surface area contributed by atoms with Gasteiger partial charge < -0.3 is 15.0 Å². The Bertz CT molecular complexity index is 666. The third kappa shape index (κ3) is 7.40. The first kappa shape index (κ1) is 19.0. The van der Waals surface area contributed by atoms with Crippen LogP contribution < -0.4 is 10.1 Å². The van der Waals surface area contributed by atoms with E-state index in [1.165, 1.54) is 11.1 Å². The van der Waals surface area contributed by atoms with Crippen molar-refractivity contribution >= 4 is 11.6 Å². The molecular weight excluding hydrogens is 312 g/mol. The summed E-state index contributed by atoms with van der Waals surface area (Å²) in [6, 6.07) is 15.8. The van der Waals surface area contributed by atoms with Crippen molar-refractivity contribution in [3.8, 4) is 5.75 Å². The summed E-state index contributed by atoms with van der Waals surface area (Å²) in [6.45, 7) is 3.77. The van der Waals surface area contributed by atoms with Crippen molar-refractivity contribution in [2.24, 2.45) is 0 Å². The van der Waals surface area contributed by atoms with Gasteiger partial charge in [-0.15, -0.1) is 0 Å². The van der Waals surface area contributed by atoms with E-state index in [0.717, 1.165) is 30.8 Å². The van der Waals surface area contributed by atoms with Crippen LogP contribution in [0.3, 0.4) is 0 Å². The van der Waals surface area contributed by atoms with Crippen LogP contribution in [-0.2, 0) is 11.2 Å². The molecule has 0 saturated carbocycles. The van der Waals surface area contributed by atoms with Gasteiger partial charge in [0.1, 0.15) is 5.75 Å². The Morgan fingerprint density at radius 1 is 1.12 bits per heavy atom. The highest BCUT2D eigenvalue weighted by molar-refractivity contribution is 5.90. The monoisotopic (exact) mass is 340 g/mol. The summed E-state index contributed by atoms with van der Waals surface area (Å²) in [6.07, 6.45) is 2.22. The average Bonchev–Trinajstić information content (AvgIpc) is 2.58. The van der Waals surface area contributed by atoms with Gasteiger partial charge in [0.05, 0.1) is 6.61 Å². The second-order valence-electron chi connectivity index (χ2n) is 6.57. The Morgan fingerprint density at radius 3 is 2.56 bits per heavy atom. The highest BCUT2D eigenvalue weighted by Gasteiger charge is 2.04. The molecule has 0 radical (unpaired) electrons. The highest BCUT2D eigenvalue weighted by Crippen LogP contribution is 2.16. The minimum Gasteiger partial charge on any atom is -0.494 e. The average molecular weight is 340 g/mol. The number of ether oxygens (including phenoxy) is 1. The maximum absolute atomic E-state index is 12.1. The summed E-state index contributed by atoms with van der Waals surface area (Å²) >= 11 is 0. The third-order valence-electron chi connectivity index (χ3n) is 3.88. The van der Waals surface area contributed by atoms with E-state index in [1.807, 2.05) is 30.3 Å². The lowest BCUT2D eigenvalue weighted by Crippen LogP contribution is -2.15. The second kappa shape index (κ2) is 9.84. The lowest BCUT2D eigenvalue weighted by atomic mass is 10.1. The van der Waals surface area contributed by atoms with Crippen LogP contribution in [0.15, 0.2) is 48.5 Å². The van der Waals surface area contributed by atoms with Crippen LogP contribution in [0, 0.1) is 6.92 Å². The number of nitrogens with zero attached hydrogens (tertiary/aromatic N) is 1. The van der Waals surface area contributed by atoms with E-state index in [1.54, 1.807) is 0 Å². The molecule has 0 unspecified atom stereocenters. The Morgan fingerprint density at radius 2 is 1.88 bits per heavy atom. The number of hydrogen-bond acceptors (Lipinski definition) is 3. The fraction of sp³-hybridized carbons (Fsp3) is 0.381. The van der Waals surface area contributed by atoms with Gasteiger partial charge in [0.25, 0.3) is 0 Å². The minimum absolute atomic E-state index is 0.0288. The lowest BCUT2D eigenvalue weighted by molar-refractivity contribution is -0.116. The number of aryl methyl sites for hydroxylation is 2. The van der Waals surface area contributed by atoms with Crippen LogP contribution >= 0.6 is 0 Å². The Kier molecular flexibility index (Phi) is 7.48. The number of hydrogen-bond donors (Lipinski definition) is 1. The second-order valence-corrected chi connectivity index (χ2v) is 6.57. The zero-order valence-corrected chi connectivity index (χ0v) is 15.4. The molecule has 0 atom stereocenters. The number of benzene rings is 2. The Balaban J connectivity index is 1.73. The van der Waals surface area contributed by atoms with Gasteiger partial charge in [-0.3, -0.25) is 4.79 Å². The lowest BCUT2D eigenvalue weighted by Gasteiger charge is -2.11. The molecule has 0 aromatic heterocycles. The molecule has 25 heavy (non-hydrogen) atoms. The van der Waals surface area contributed by atoms with Crippen molar-refractivity contribution in [2.75, 3.05) is 32.6 Å². The molecule has 0 saturated heterocycles. The van der Waals surface area contributed by atoms with Crippen LogP contribution in [0.4, 0.5) is 5.69 Å². The Hall–Kier alpha value is -2.33. The maximum Gasteiger partial charge on any atom is 0.224 e. The SMILES string of the molecule is Cc1cccc(CCC(=O)Nc2ccc(OCCCN(C)C)cc2)c1. The van der Waals surface area contributed by atoms with Crippen molar-refractivity contribution in [1.82, 2.24) is 4.90 Å². The molecule has 0 aliphatic heterocycles. The molecule has 4 heteroatoms. The summed E-state index contributed by atoms with van der Waals surface area (Å²) in [5, 5.41) is 2.94. The summed E-state index contributed by atoms with van der Waals surface area (Å²) in [5.41, 5.74) is 3.21. The van der Waals surface area contributed by atoms with Gasteiger partial charge >= 0.3 is 0 Å². The third-order valence-corrected chi connectivity index (χ3v) is 3.88. The fourth-order valence-corrected chi connectivity index (χ4v) is 2.55. The van der Waals surface area contributed by atoms with Gasteiger partial charge in [-0.05, 0) is 63.7 Å². The predicted octanol–water partition coefficient (Wildman–Crippen LogP) is 3.90. The molecule has 0 spiro atoms. The molecule has 4 nitrogen and oxygen atoms in total. The van der Waals surface area contributed by atoms with Crippen molar-refractivity contribution in [3.63, 3.8) is 0 Å². The van der Waals surface area contributed by atoms with Crippen LogP contribution in [0.25, 0.3) is 0 Å². The smallest absolute Gasteiger partial charge is 0.224 e. The van der Waals surface area contributed by atoms with Gasteiger partial charge in [-0.2, -0.15) is 0 Å². The van der Waals surface area contributed by atoms with Crippen molar-refractivity contribution in [2.45, 2.75) is 26.2 Å². The van der Waals surface area contributed by atoms with Gasteiger partial charge in [-0.25, -0.2) is 0 Å². The minimum atomic E-state index is 0.0288. The molecule has 0 aliphatic rings. The van der Waals surface area contributed by atoms with E-state index >= 15 is 0 Å². The molecule has 134 valence electrons. The first-order valence-electron chi connectivity index (χ1n) is 8.76. The van der Waals surface area contributed by atoms with E-state index in [0.29, 0.717) is 13.0 Å². The maximum atomic E-state index is 12.1. The molecule has 0 aliphatic carbocycles. The van der Waals surface area contributed by atoms with E-state index < -0.39 is 0 Å². The van der Waals surface area contributed by atoms with Crippen molar-refractivity contribution in [1.29, 1.82) is 0 Å². The molecule has 0 fully saturated rings.